The minimum absolute atomic E-state index is 0.0384. The Kier molecular flexibility index (Phi) is 6.85. The Labute approximate surface area is 213 Å². The van der Waals surface area contributed by atoms with E-state index in [-0.39, 0.29) is 41.4 Å². The van der Waals surface area contributed by atoms with Crippen molar-refractivity contribution in [2.75, 3.05) is 11.5 Å². The maximum atomic E-state index is 13.6. The number of rotatable bonds is 7. The van der Waals surface area contributed by atoms with Crippen molar-refractivity contribution in [3.63, 3.8) is 0 Å². The maximum absolute atomic E-state index is 13.6. The highest BCUT2D eigenvalue weighted by atomic mass is 16.5. The number of carbonyl (C=O) groups is 2. The monoisotopic (exact) mass is 485 g/mol. The Balaban J connectivity index is 1.40. The molecule has 188 valence electrons. The Morgan fingerprint density at radius 2 is 1.78 bits per heavy atom. The topological polar surface area (TPSA) is 66.8 Å². The van der Waals surface area contributed by atoms with Gasteiger partial charge in [0.15, 0.2) is 0 Å². The third kappa shape index (κ3) is 4.30. The molecule has 5 rings (SSSR count). The van der Waals surface area contributed by atoms with Crippen LogP contribution in [-0.4, -0.2) is 29.6 Å². The number of hydrogen-bond acceptors (Lipinski definition) is 4. The molecule has 5 heteroatoms. The first-order valence-electron chi connectivity index (χ1n) is 13.1. The molecule has 36 heavy (non-hydrogen) atoms. The summed E-state index contributed by atoms with van der Waals surface area (Å²) < 4.78 is 6.37. The van der Waals surface area contributed by atoms with Crippen molar-refractivity contribution < 1.29 is 19.4 Å². The Morgan fingerprint density at radius 3 is 2.47 bits per heavy atom. The molecule has 4 atom stereocenters. The molecular formula is C31H35NO4. The van der Waals surface area contributed by atoms with Crippen molar-refractivity contribution in [3.05, 3.63) is 76.9 Å². The number of phenols is 1. The molecule has 2 saturated heterocycles. The molecule has 1 aliphatic carbocycles. The fourth-order valence-corrected chi connectivity index (χ4v) is 6.29. The molecule has 5 nitrogen and oxygen atoms in total. The third-order valence-corrected chi connectivity index (χ3v) is 8.13. The zero-order chi connectivity index (χ0) is 25.4. The third-order valence-electron chi connectivity index (χ3n) is 8.13. The zero-order valence-electron chi connectivity index (χ0n) is 21.3. The summed E-state index contributed by atoms with van der Waals surface area (Å²) in [6.07, 6.45) is 5.25. The summed E-state index contributed by atoms with van der Waals surface area (Å²) in [5.41, 5.74) is 5.30. The van der Waals surface area contributed by atoms with Gasteiger partial charge in [0, 0.05) is 11.5 Å². The molecule has 0 saturated carbocycles. The van der Waals surface area contributed by atoms with Gasteiger partial charge in [-0.2, -0.15) is 0 Å². The van der Waals surface area contributed by atoms with Crippen LogP contribution in [0.4, 0.5) is 5.69 Å². The molecule has 0 bridgehead atoms. The van der Waals surface area contributed by atoms with Crippen molar-refractivity contribution in [1.29, 1.82) is 0 Å². The van der Waals surface area contributed by atoms with E-state index in [1.165, 1.54) is 21.6 Å². The SMILES string of the molecule is CC/C(=C\c1ccccc1O)CC[C@H]1OC[C@H]2C1=C(C(C)C)C[C@H]1C(=O)N(c3ccccc3)C(=O)[C@H]12. The molecule has 2 aromatic rings. The van der Waals surface area contributed by atoms with E-state index >= 15 is 0 Å². The van der Waals surface area contributed by atoms with Crippen molar-refractivity contribution in [1.82, 2.24) is 0 Å². The predicted molar refractivity (Wildman–Crippen MR) is 141 cm³/mol. The second-order valence-electron chi connectivity index (χ2n) is 10.5. The van der Waals surface area contributed by atoms with Crippen LogP contribution < -0.4 is 4.90 Å². The number of nitrogens with zero attached hydrogens (tertiary/aromatic N) is 1. The van der Waals surface area contributed by atoms with Gasteiger partial charge >= 0.3 is 0 Å². The van der Waals surface area contributed by atoms with Gasteiger partial charge in [-0.1, -0.05) is 74.4 Å². The van der Waals surface area contributed by atoms with Crippen molar-refractivity contribution >= 4 is 23.6 Å². The smallest absolute Gasteiger partial charge is 0.238 e. The normalized spacial score (nSPS) is 26.1. The summed E-state index contributed by atoms with van der Waals surface area (Å²) in [6, 6.07) is 16.7. The van der Waals surface area contributed by atoms with E-state index in [4.69, 9.17) is 4.74 Å². The number of hydrogen-bond donors (Lipinski definition) is 1. The van der Waals surface area contributed by atoms with E-state index in [1.54, 1.807) is 6.07 Å². The van der Waals surface area contributed by atoms with Crippen LogP contribution in [0.2, 0.25) is 0 Å². The largest absolute Gasteiger partial charge is 0.507 e. The van der Waals surface area contributed by atoms with E-state index in [9.17, 15) is 14.7 Å². The molecule has 2 aliphatic heterocycles. The number of allylic oxidation sites excluding steroid dienone is 2. The molecule has 0 spiro atoms. The minimum atomic E-state index is -0.345. The fourth-order valence-electron chi connectivity index (χ4n) is 6.29. The molecule has 0 radical (unpaired) electrons. The number of carbonyl (C=O) groups excluding carboxylic acids is 2. The van der Waals surface area contributed by atoms with Gasteiger partial charge in [-0.05, 0) is 55.4 Å². The van der Waals surface area contributed by atoms with Gasteiger partial charge in [-0.25, -0.2) is 0 Å². The van der Waals surface area contributed by atoms with Gasteiger partial charge in [0.05, 0.1) is 30.2 Å². The van der Waals surface area contributed by atoms with Crippen molar-refractivity contribution in [3.8, 4) is 5.75 Å². The van der Waals surface area contributed by atoms with Crippen molar-refractivity contribution in [2.24, 2.45) is 23.7 Å². The first kappa shape index (κ1) is 24.5. The number of anilines is 1. The van der Waals surface area contributed by atoms with E-state index < -0.39 is 0 Å². The van der Waals surface area contributed by atoms with Gasteiger partial charge in [0.2, 0.25) is 11.8 Å². The fraction of sp³-hybridized carbons (Fsp3) is 0.419. The van der Waals surface area contributed by atoms with Gasteiger partial charge < -0.3 is 9.84 Å². The van der Waals surface area contributed by atoms with Gasteiger partial charge in [0.25, 0.3) is 0 Å². The van der Waals surface area contributed by atoms with E-state index in [1.807, 2.05) is 48.5 Å². The van der Waals surface area contributed by atoms with Gasteiger partial charge in [-0.3, -0.25) is 14.5 Å². The summed E-state index contributed by atoms with van der Waals surface area (Å²) >= 11 is 0. The lowest BCUT2D eigenvalue weighted by molar-refractivity contribution is -0.122. The molecule has 2 aromatic carbocycles. The number of para-hydroxylation sites is 2. The number of phenolic OH excluding ortho intramolecular Hbond substituents is 1. The first-order valence-corrected chi connectivity index (χ1v) is 13.1. The van der Waals surface area contributed by atoms with Gasteiger partial charge in [0.1, 0.15) is 5.75 Å². The van der Waals surface area contributed by atoms with E-state index in [0.717, 1.165) is 24.8 Å². The summed E-state index contributed by atoms with van der Waals surface area (Å²) in [7, 11) is 0. The highest BCUT2D eigenvalue weighted by Crippen LogP contribution is 2.52. The summed E-state index contributed by atoms with van der Waals surface area (Å²) in [5.74, 6) is -0.264. The molecule has 0 unspecified atom stereocenters. The second kappa shape index (κ2) is 10.1. The molecule has 0 aromatic heterocycles. The Hall–Kier alpha value is -3.18. The van der Waals surface area contributed by atoms with Crippen LogP contribution in [-0.2, 0) is 14.3 Å². The number of imide groups is 1. The minimum Gasteiger partial charge on any atom is -0.507 e. The first-order chi connectivity index (χ1) is 17.4. The van der Waals surface area contributed by atoms with Crippen LogP contribution in [0.3, 0.4) is 0 Å². The molecule has 1 N–H and O–H groups in total. The average molecular weight is 486 g/mol. The average Bonchev–Trinajstić information content (AvgIpc) is 3.41. The van der Waals surface area contributed by atoms with Crippen LogP contribution in [0.15, 0.2) is 71.3 Å². The van der Waals surface area contributed by atoms with Crippen LogP contribution >= 0.6 is 0 Å². The Bertz CT molecular complexity index is 1210. The summed E-state index contributed by atoms with van der Waals surface area (Å²) in [4.78, 5) is 28.5. The van der Waals surface area contributed by atoms with Crippen LogP contribution in [0.1, 0.15) is 52.0 Å². The second-order valence-corrected chi connectivity index (χ2v) is 10.5. The molecule has 2 amide bonds. The lowest BCUT2D eigenvalue weighted by Crippen LogP contribution is -2.35. The molecule has 3 aliphatic rings. The summed E-state index contributed by atoms with van der Waals surface area (Å²) in [5, 5.41) is 10.2. The van der Waals surface area contributed by atoms with Crippen LogP contribution in [0.25, 0.3) is 6.08 Å². The highest BCUT2D eigenvalue weighted by Gasteiger charge is 2.57. The number of benzene rings is 2. The molecule has 2 fully saturated rings. The number of aromatic hydroxyl groups is 1. The standard InChI is InChI=1S/C31H35NO4/c1-4-20(16-21-10-8-9-13-26(21)33)14-15-27-28-23(19(2)3)17-24-29(25(28)18-36-27)31(35)32(30(24)34)22-11-6-5-7-12-22/h5-13,16,19,24-25,27,29,33H,4,14-15,17-18H2,1-3H3/b20-16+/t24-,25+,27-,29-/m1/s1. The predicted octanol–water partition coefficient (Wildman–Crippen LogP) is 6.14. The lowest BCUT2D eigenvalue weighted by atomic mass is 9.67. The van der Waals surface area contributed by atoms with E-state index in [2.05, 4.69) is 26.8 Å². The quantitative estimate of drug-likeness (QED) is 0.378. The number of fused-ring (bicyclic) bond motifs is 3. The lowest BCUT2D eigenvalue weighted by Gasteiger charge is -2.33. The van der Waals surface area contributed by atoms with Gasteiger partial charge in [-0.15, -0.1) is 0 Å². The molecular weight excluding hydrogens is 450 g/mol. The highest BCUT2D eigenvalue weighted by molar-refractivity contribution is 6.22. The molecule has 2 heterocycles. The van der Waals surface area contributed by atoms with Crippen LogP contribution in [0, 0.1) is 23.7 Å². The maximum Gasteiger partial charge on any atom is 0.238 e. The van der Waals surface area contributed by atoms with Crippen molar-refractivity contribution in [2.45, 2.75) is 52.6 Å². The summed E-state index contributed by atoms with van der Waals surface area (Å²) in [6.45, 7) is 6.99. The Morgan fingerprint density at radius 1 is 1.06 bits per heavy atom. The van der Waals surface area contributed by atoms with E-state index in [0.29, 0.717) is 24.6 Å². The van der Waals surface area contributed by atoms with Crippen LogP contribution in [0.5, 0.6) is 5.75 Å². The number of ether oxygens (including phenoxy) is 1. The zero-order valence-corrected chi connectivity index (χ0v) is 21.3. The number of amides is 2.